The molecule has 0 spiro atoms. The summed E-state index contributed by atoms with van der Waals surface area (Å²) < 4.78 is 5.62. The molecule has 0 aliphatic carbocycles. The first-order chi connectivity index (χ1) is 11.6. The number of aromatic nitrogens is 1. The first-order valence-corrected chi connectivity index (χ1v) is 9.13. The zero-order chi connectivity index (χ0) is 17.4. The van der Waals surface area contributed by atoms with E-state index in [1.165, 1.54) is 4.90 Å². The van der Waals surface area contributed by atoms with Gasteiger partial charge in [-0.3, -0.25) is 0 Å². The zero-order valence-electron chi connectivity index (χ0n) is 15.0. The first-order valence-electron chi connectivity index (χ1n) is 8.75. The van der Waals surface area contributed by atoms with E-state index in [9.17, 15) is 4.79 Å². The van der Waals surface area contributed by atoms with Crippen LogP contribution >= 0.6 is 11.6 Å². The Bertz CT molecular complexity index is 504. The molecule has 0 saturated carbocycles. The van der Waals surface area contributed by atoms with Crippen molar-refractivity contribution in [3.63, 3.8) is 0 Å². The average molecular weight is 391 g/mol. The van der Waals surface area contributed by atoms with Crippen LogP contribution in [0.1, 0.15) is 20.3 Å². The Morgan fingerprint density at radius 1 is 1.32 bits per heavy atom. The molecule has 1 N–H and O–H groups in total. The van der Waals surface area contributed by atoms with Crippen LogP contribution in [0.5, 0.6) is 5.88 Å². The highest BCUT2D eigenvalue weighted by Crippen LogP contribution is 2.11. The summed E-state index contributed by atoms with van der Waals surface area (Å²) in [5.74, 6) is 0.615. The van der Waals surface area contributed by atoms with Gasteiger partial charge in [-0.05, 0) is 19.9 Å². The van der Waals surface area contributed by atoms with Crippen molar-refractivity contribution in [3.8, 4) is 5.88 Å². The highest BCUT2D eigenvalue weighted by Gasteiger charge is 2.25. The second-order valence-corrected chi connectivity index (χ2v) is 6.40. The molecule has 8 heteroatoms. The van der Waals surface area contributed by atoms with Crippen LogP contribution in [0.4, 0.5) is 4.79 Å². The Kier molecular flexibility index (Phi) is 9.93. The van der Waals surface area contributed by atoms with Crippen molar-refractivity contribution in [2.45, 2.75) is 20.3 Å². The second kappa shape index (κ2) is 11.4. The third-order valence-electron chi connectivity index (χ3n) is 4.40. The molecule has 25 heavy (non-hydrogen) atoms. The van der Waals surface area contributed by atoms with Crippen molar-refractivity contribution < 1.29 is 26.8 Å². The van der Waals surface area contributed by atoms with Gasteiger partial charge in [0.15, 0.2) is 0 Å². The normalized spacial score (nSPS) is 14.8. The van der Waals surface area contributed by atoms with Gasteiger partial charge in [-0.2, -0.15) is 0 Å². The Balaban J connectivity index is 0.00000312. The highest BCUT2D eigenvalue weighted by molar-refractivity contribution is 6.30. The van der Waals surface area contributed by atoms with Crippen LogP contribution in [0, 0.1) is 0 Å². The molecule has 0 bridgehead atoms. The van der Waals surface area contributed by atoms with Crippen LogP contribution in [-0.4, -0.2) is 73.2 Å². The van der Waals surface area contributed by atoms with Crippen molar-refractivity contribution in [1.82, 2.24) is 14.8 Å². The maximum absolute atomic E-state index is 12.3. The summed E-state index contributed by atoms with van der Waals surface area (Å²) >= 11 is 5.79. The molecule has 2 heterocycles. The molecule has 0 unspecified atom stereocenters. The molecule has 1 fully saturated rings. The molecule has 1 aromatic heterocycles. The van der Waals surface area contributed by atoms with E-state index in [1.54, 1.807) is 18.3 Å². The van der Waals surface area contributed by atoms with Crippen molar-refractivity contribution in [3.05, 3.63) is 23.4 Å². The fraction of sp³-hybridized carbons (Fsp3) is 0.647. The number of quaternary nitrogens is 1. The van der Waals surface area contributed by atoms with Crippen LogP contribution in [0.3, 0.4) is 0 Å². The number of piperazine rings is 1. The molecule has 1 aliphatic heterocycles. The number of amides is 2. The molecule has 2 rings (SSSR count). The number of hydrogen-bond donors (Lipinski definition) is 1. The maximum atomic E-state index is 12.3. The number of urea groups is 1. The van der Waals surface area contributed by atoms with E-state index >= 15 is 0 Å². The summed E-state index contributed by atoms with van der Waals surface area (Å²) in [6, 6.07) is 3.74. The molecule has 142 valence electrons. The van der Waals surface area contributed by atoms with Gasteiger partial charge in [0.05, 0.1) is 44.4 Å². The van der Waals surface area contributed by atoms with Gasteiger partial charge in [0.2, 0.25) is 5.88 Å². The molecule has 0 radical (unpaired) electrons. The van der Waals surface area contributed by atoms with Crippen LogP contribution in [0.2, 0.25) is 5.02 Å². The van der Waals surface area contributed by atoms with E-state index in [2.05, 4.69) is 4.98 Å². The first kappa shape index (κ1) is 21.8. The maximum Gasteiger partial charge on any atom is 0.320 e. The van der Waals surface area contributed by atoms with Crippen molar-refractivity contribution in [2.24, 2.45) is 0 Å². The number of nitrogens with zero attached hydrogens (tertiary/aromatic N) is 3. The Morgan fingerprint density at radius 3 is 2.56 bits per heavy atom. The zero-order valence-corrected chi connectivity index (χ0v) is 16.5. The fourth-order valence-corrected chi connectivity index (χ4v) is 3.02. The van der Waals surface area contributed by atoms with E-state index in [0.717, 1.165) is 52.2 Å². The van der Waals surface area contributed by atoms with Crippen molar-refractivity contribution in [1.29, 1.82) is 0 Å². The van der Waals surface area contributed by atoms with E-state index in [4.69, 9.17) is 16.3 Å². The van der Waals surface area contributed by atoms with E-state index < -0.39 is 0 Å². The number of halogens is 2. The Hall–Kier alpha value is -1.24. The number of carbonyl (C=O) groups is 1. The molecule has 6 nitrogen and oxygen atoms in total. The van der Waals surface area contributed by atoms with Crippen LogP contribution < -0.4 is 22.0 Å². The minimum Gasteiger partial charge on any atom is -1.00 e. The third-order valence-corrected chi connectivity index (χ3v) is 4.62. The number of pyridine rings is 1. The second-order valence-electron chi connectivity index (χ2n) is 5.96. The van der Waals surface area contributed by atoms with Crippen LogP contribution in [-0.2, 0) is 0 Å². The summed E-state index contributed by atoms with van der Waals surface area (Å²) in [7, 11) is 0. The fourth-order valence-electron chi connectivity index (χ4n) is 2.90. The molecular weight excluding hydrogens is 363 g/mol. The Labute approximate surface area is 161 Å². The van der Waals surface area contributed by atoms with Gasteiger partial charge in [-0.1, -0.05) is 11.6 Å². The van der Waals surface area contributed by atoms with Crippen molar-refractivity contribution >= 4 is 17.6 Å². The number of carbonyl (C=O) groups excluding carboxylic acids is 1. The van der Waals surface area contributed by atoms with Gasteiger partial charge < -0.3 is 31.8 Å². The quantitative estimate of drug-likeness (QED) is 0.557. The summed E-state index contributed by atoms with van der Waals surface area (Å²) in [4.78, 5) is 21.8. The molecule has 2 amide bonds. The molecular formula is C17H28Cl2N4O2. The van der Waals surface area contributed by atoms with Crippen LogP contribution in [0.15, 0.2) is 18.3 Å². The summed E-state index contributed by atoms with van der Waals surface area (Å²) in [6.07, 6.45) is 2.57. The van der Waals surface area contributed by atoms with Gasteiger partial charge in [0.25, 0.3) is 0 Å². The topological polar surface area (TPSA) is 50.1 Å². The number of hydrogen-bond acceptors (Lipinski definition) is 3. The highest BCUT2D eigenvalue weighted by atomic mass is 35.5. The number of ether oxygens (including phenoxy) is 1. The van der Waals surface area contributed by atoms with E-state index in [0.29, 0.717) is 17.5 Å². The van der Waals surface area contributed by atoms with Crippen LogP contribution in [0.25, 0.3) is 0 Å². The van der Waals surface area contributed by atoms with Gasteiger partial charge >= 0.3 is 6.03 Å². The lowest BCUT2D eigenvalue weighted by molar-refractivity contribution is -0.904. The minimum atomic E-state index is 0. The standard InChI is InChI=1S/C17H27ClN4O2.ClH/c1-3-21(4-2)17(23)22-11-9-20(10-12-22)8-5-13-24-16-7-6-15(18)14-19-16;/h6-7,14H,3-5,8-13H2,1-2H3;1H. The minimum absolute atomic E-state index is 0. The van der Waals surface area contributed by atoms with Crippen molar-refractivity contribution in [2.75, 3.05) is 52.4 Å². The molecule has 1 saturated heterocycles. The van der Waals surface area contributed by atoms with E-state index in [1.807, 2.05) is 23.6 Å². The predicted octanol–water partition coefficient (Wildman–Crippen LogP) is -1.83. The van der Waals surface area contributed by atoms with Gasteiger partial charge in [-0.15, -0.1) is 0 Å². The lowest BCUT2D eigenvalue weighted by atomic mass is 10.3. The third kappa shape index (κ3) is 6.88. The van der Waals surface area contributed by atoms with Gasteiger partial charge in [-0.25, -0.2) is 9.78 Å². The smallest absolute Gasteiger partial charge is 0.320 e. The van der Waals surface area contributed by atoms with Gasteiger partial charge in [0, 0.05) is 31.8 Å². The lowest BCUT2D eigenvalue weighted by Gasteiger charge is -2.35. The summed E-state index contributed by atoms with van der Waals surface area (Å²) in [5.41, 5.74) is 0. The SMILES string of the molecule is CCN(CC)C(=O)N1CC[NH+](CCCOc2ccc(Cl)cn2)CC1.[Cl-]. The largest absolute Gasteiger partial charge is 1.00 e. The molecule has 0 aromatic carbocycles. The summed E-state index contributed by atoms with van der Waals surface area (Å²) in [5, 5.41) is 0.615. The predicted molar refractivity (Wildman–Crippen MR) is 94.8 cm³/mol. The molecule has 0 atom stereocenters. The lowest BCUT2D eigenvalue weighted by Crippen LogP contribution is -3.14. The number of rotatable bonds is 7. The molecule has 1 aromatic rings. The van der Waals surface area contributed by atoms with Gasteiger partial charge in [0.1, 0.15) is 0 Å². The molecule has 1 aliphatic rings. The summed E-state index contributed by atoms with van der Waals surface area (Å²) in [6.45, 7) is 11.0. The monoisotopic (exact) mass is 390 g/mol. The number of nitrogens with one attached hydrogen (secondary N) is 1. The van der Waals surface area contributed by atoms with E-state index in [-0.39, 0.29) is 18.4 Å². The average Bonchev–Trinajstić information content (AvgIpc) is 2.62. The Morgan fingerprint density at radius 2 is 2.00 bits per heavy atom.